The van der Waals surface area contributed by atoms with E-state index in [0.717, 1.165) is 21.9 Å². The highest BCUT2D eigenvalue weighted by Crippen LogP contribution is 2.31. The van der Waals surface area contributed by atoms with E-state index in [4.69, 9.17) is 36.1 Å². The number of hydrogen-bond acceptors (Lipinski definition) is 9. The first-order chi connectivity index (χ1) is 25.2. The van der Waals surface area contributed by atoms with E-state index < -0.39 is 40.4 Å². The first-order valence-corrected chi connectivity index (χ1v) is 16.8. The Balaban J connectivity index is 0.000000476. The van der Waals surface area contributed by atoms with Crippen LogP contribution < -0.4 is 16.3 Å². The molecule has 0 bridgehead atoms. The summed E-state index contributed by atoms with van der Waals surface area (Å²) >= 11 is 0. The number of nitrogens with zero attached hydrogens (tertiary/aromatic N) is 3. The van der Waals surface area contributed by atoms with Crippen molar-refractivity contribution in [1.29, 1.82) is 0 Å². The van der Waals surface area contributed by atoms with Crippen LogP contribution in [-0.2, 0) is 37.5 Å². The topological polar surface area (TPSA) is 206 Å². The molecule has 1 aliphatic rings. The summed E-state index contributed by atoms with van der Waals surface area (Å²) in [6, 6.07) is 24.2. The zero-order chi connectivity index (χ0) is 40.4. The fourth-order valence-corrected chi connectivity index (χ4v) is 6.72. The number of fused-ring (bicyclic) bond motifs is 1. The Morgan fingerprint density at radius 3 is 2.07 bits per heavy atom. The van der Waals surface area contributed by atoms with Crippen LogP contribution in [0.5, 0.6) is 5.75 Å². The predicted octanol–water partition coefficient (Wildman–Crippen LogP) is 4.98. The number of anilines is 1. The summed E-state index contributed by atoms with van der Waals surface area (Å²) in [5.41, 5.74) is 8.94. The van der Waals surface area contributed by atoms with E-state index in [-0.39, 0.29) is 17.3 Å². The molecular formula is C34H33F6N5O8S. The van der Waals surface area contributed by atoms with Crippen molar-refractivity contribution in [3.05, 3.63) is 102 Å². The van der Waals surface area contributed by atoms with Crippen LogP contribution in [-0.4, -0.2) is 83.9 Å². The molecule has 1 heterocycles. The standard InChI is InChI=1S/C30H31N5O4S.2C2HF3O2/c1-39-27-10-8-24-9-11-28(17-25(24)16-27)40(37,38)35(20-23-6-3-7-26(31)15-23)29-12-13-34(30(29)36)19-22-5-2-4-21(14-22)18-33-32;2*3-2(4,5)1(6)7/h2-11,14-18,29H,12-13,19-20,31-32H2,1H3;2*(H,6,7)/t29-;;/m0../s1. The Hall–Kier alpha value is -5.89. The Morgan fingerprint density at radius 1 is 0.907 bits per heavy atom. The molecule has 54 heavy (non-hydrogen) atoms. The van der Waals surface area contributed by atoms with E-state index in [2.05, 4.69) is 5.10 Å². The number of carbonyl (C=O) groups is 3. The second kappa shape index (κ2) is 17.8. The van der Waals surface area contributed by atoms with Gasteiger partial charge in [-0.2, -0.15) is 35.7 Å². The molecule has 1 fully saturated rings. The zero-order valence-electron chi connectivity index (χ0n) is 28.1. The Labute approximate surface area is 304 Å². The van der Waals surface area contributed by atoms with Crippen LogP contribution in [0.25, 0.3) is 10.8 Å². The van der Waals surface area contributed by atoms with Crippen molar-refractivity contribution in [1.82, 2.24) is 9.21 Å². The Bertz CT molecular complexity index is 2090. The van der Waals surface area contributed by atoms with Gasteiger partial charge in [0.2, 0.25) is 15.9 Å². The number of hydrazone groups is 1. The molecule has 4 aromatic carbocycles. The first-order valence-electron chi connectivity index (χ1n) is 15.3. The van der Waals surface area contributed by atoms with Crippen molar-refractivity contribution in [3.8, 4) is 5.75 Å². The van der Waals surface area contributed by atoms with Crippen molar-refractivity contribution in [2.75, 3.05) is 19.4 Å². The maximum atomic E-state index is 14.2. The van der Waals surface area contributed by atoms with Crippen LogP contribution in [0.15, 0.2) is 94.9 Å². The van der Waals surface area contributed by atoms with E-state index in [1.54, 1.807) is 54.5 Å². The normalized spacial score (nSPS) is 14.7. The Morgan fingerprint density at radius 2 is 1.50 bits per heavy atom. The van der Waals surface area contributed by atoms with Gasteiger partial charge in [-0.3, -0.25) is 4.79 Å². The minimum absolute atomic E-state index is 0.0101. The largest absolute Gasteiger partial charge is 0.497 e. The summed E-state index contributed by atoms with van der Waals surface area (Å²) in [5, 5.41) is 19.4. The molecule has 20 heteroatoms. The molecule has 0 radical (unpaired) electrons. The second-order valence-corrected chi connectivity index (χ2v) is 13.3. The number of aliphatic carboxylic acids is 2. The van der Waals surface area contributed by atoms with Crippen LogP contribution in [0.1, 0.15) is 23.1 Å². The third-order valence-electron chi connectivity index (χ3n) is 7.56. The molecule has 290 valence electrons. The van der Waals surface area contributed by atoms with E-state index in [9.17, 15) is 39.6 Å². The summed E-state index contributed by atoms with van der Waals surface area (Å²) in [6.45, 7) is 0.788. The van der Waals surface area contributed by atoms with E-state index in [1.165, 1.54) is 10.5 Å². The third kappa shape index (κ3) is 11.6. The monoisotopic (exact) mass is 785 g/mol. The summed E-state index contributed by atoms with van der Waals surface area (Å²) < 4.78 is 98.5. The molecule has 0 aliphatic carbocycles. The zero-order valence-corrected chi connectivity index (χ0v) is 28.9. The quantitative estimate of drug-likeness (QED) is 0.0589. The van der Waals surface area contributed by atoms with Crippen LogP contribution in [0.2, 0.25) is 0 Å². The number of carbonyl (C=O) groups excluding carboxylic acids is 1. The number of likely N-dealkylation sites (tertiary alicyclic amines) is 1. The molecule has 1 aliphatic heterocycles. The minimum Gasteiger partial charge on any atom is -0.497 e. The van der Waals surface area contributed by atoms with Crippen molar-refractivity contribution in [3.63, 3.8) is 0 Å². The lowest BCUT2D eigenvalue weighted by Gasteiger charge is -2.28. The van der Waals surface area contributed by atoms with Gasteiger partial charge >= 0.3 is 24.3 Å². The highest BCUT2D eigenvalue weighted by Gasteiger charge is 2.42. The lowest BCUT2D eigenvalue weighted by atomic mass is 10.1. The highest BCUT2D eigenvalue weighted by molar-refractivity contribution is 7.89. The van der Waals surface area contributed by atoms with Gasteiger partial charge in [-0.1, -0.05) is 42.5 Å². The maximum Gasteiger partial charge on any atom is 0.490 e. The van der Waals surface area contributed by atoms with Gasteiger partial charge < -0.3 is 31.4 Å². The van der Waals surface area contributed by atoms with Gasteiger partial charge in [0.15, 0.2) is 0 Å². The molecule has 1 saturated heterocycles. The fraction of sp³-hybridized carbons (Fsp3) is 0.235. The lowest BCUT2D eigenvalue weighted by Crippen LogP contribution is -2.44. The lowest BCUT2D eigenvalue weighted by molar-refractivity contribution is -0.193. The van der Waals surface area contributed by atoms with Crippen molar-refractivity contribution in [2.45, 2.75) is 42.8 Å². The number of carboxylic acids is 2. The first kappa shape index (κ1) is 42.5. The van der Waals surface area contributed by atoms with Crippen molar-refractivity contribution < 1.29 is 64.1 Å². The summed E-state index contributed by atoms with van der Waals surface area (Å²) in [5.74, 6) is 0.153. The Kier molecular flexibility index (Phi) is 14.0. The smallest absolute Gasteiger partial charge is 0.490 e. The van der Waals surface area contributed by atoms with E-state index in [1.807, 2.05) is 42.5 Å². The van der Waals surface area contributed by atoms with E-state index in [0.29, 0.717) is 36.5 Å². The summed E-state index contributed by atoms with van der Waals surface area (Å²) in [6.07, 6.45) is -8.26. The number of halogens is 6. The van der Waals surface area contributed by atoms with E-state index >= 15 is 0 Å². The fourth-order valence-electron chi connectivity index (χ4n) is 5.08. The predicted molar refractivity (Wildman–Crippen MR) is 184 cm³/mol. The molecule has 6 N–H and O–H groups in total. The number of alkyl halides is 6. The molecule has 0 spiro atoms. The van der Waals surface area contributed by atoms with Crippen LogP contribution in [0, 0.1) is 0 Å². The molecule has 1 atom stereocenters. The number of hydrogen-bond donors (Lipinski definition) is 4. The average Bonchev–Trinajstić information content (AvgIpc) is 3.45. The summed E-state index contributed by atoms with van der Waals surface area (Å²) in [4.78, 5) is 33.3. The van der Waals surface area contributed by atoms with Gasteiger partial charge in [-0.15, -0.1) is 0 Å². The number of carboxylic acid groups (broad SMARTS) is 2. The highest BCUT2D eigenvalue weighted by atomic mass is 32.2. The van der Waals surface area contributed by atoms with Gasteiger partial charge in [-0.25, -0.2) is 18.0 Å². The molecule has 4 aromatic rings. The number of benzene rings is 4. The number of methoxy groups -OCH3 is 1. The average molecular weight is 786 g/mol. The summed E-state index contributed by atoms with van der Waals surface area (Å²) in [7, 11) is -2.51. The molecule has 5 rings (SSSR count). The number of nitrogens with two attached hydrogens (primary N) is 2. The molecule has 0 saturated carbocycles. The maximum absolute atomic E-state index is 14.2. The molecule has 0 unspecified atom stereocenters. The third-order valence-corrected chi connectivity index (χ3v) is 9.42. The van der Waals surface area contributed by atoms with Gasteiger partial charge in [0.1, 0.15) is 11.8 Å². The second-order valence-electron chi connectivity index (χ2n) is 11.4. The SMILES string of the molecule is COc1ccc2ccc(S(=O)(=O)N(Cc3cccc(N)c3)[C@H]3CCN(Cc4cccc(C=NN)c4)C3=O)cc2c1.O=C(O)C(F)(F)F.O=C(O)C(F)(F)F. The minimum atomic E-state index is -5.08. The molecular weight excluding hydrogens is 752 g/mol. The number of rotatable bonds is 9. The van der Waals surface area contributed by atoms with Crippen LogP contribution in [0.4, 0.5) is 32.0 Å². The van der Waals surface area contributed by atoms with Crippen LogP contribution >= 0.6 is 0 Å². The molecule has 13 nitrogen and oxygen atoms in total. The van der Waals surface area contributed by atoms with Gasteiger partial charge in [0.05, 0.1) is 18.2 Å². The number of ether oxygens (including phenoxy) is 1. The number of sulfonamides is 1. The number of amides is 1. The molecule has 0 aromatic heterocycles. The van der Waals surface area contributed by atoms with Gasteiger partial charge in [-0.05, 0) is 76.3 Å². The number of nitrogen functional groups attached to an aromatic ring is 1. The molecule has 1 amide bonds. The van der Waals surface area contributed by atoms with Gasteiger partial charge in [0, 0.05) is 25.3 Å². The van der Waals surface area contributed by atoms with Crippen molar-refractivity contribution >= 4 is 50.5 Å². The van der Waals surface area contributed by atoms with Crippen molar-refractivity contribution in [2.24, 2.45) is 10.9 Å². The van der Waals surface area contributed by atoms with Gasteiger partial charge in [0.25, 0.3) is 0 Å². The van der Waals surface area contributed by atoms with Crippen LogP contribution in [0.3, 0.4) is 0 Å².